The van der Waals surface area contributed by atoms with Crippen LogP contribution in [0.4, 0.5) is 5.69 Å². The van der Waals surface area contributed by atoms with Crippen molar-refractivity contribution >= 4 is 33.5 Å². The number of carbonyl (C=O) groups excluding carboxylic acids is 1. The van der Waals surface area contributed by atoms with Gasteiger partial charge in [-0.2, -0.15) is 5.26 Å². The fourth-order valence-corrected chi connectivity index (χ4v) is 1.84. The number of carbonyl (C=O) groups is 2. The molecule has 1 amide bonds. The summed E-state index contributed by atoms with van der Waals surface area (Å²) in [5.41, 5.74) is 0.590. The lowest BCUT2D eigenvalue weighted by atomic mass is 10.2. The number of nitrogens with one attached hydrogen (secondary N) is 1. The predicted molar refractivity (Wildman–Crippen MR) is 72.5 cm³/mol. The Bertz CT molecular complexity index is 730. The molecule has 2 aromatic rings. The second-order valence-corrected chi connectivity index (χ2v) is 4.64. The van der Waals surface area contributed by atoms with Gasteiger partial charge < -0.3 is 14.8 Å². The van der Waals surface area contributed by atoms with Crippen molar-refractivity contribution in [1.29, 1.82) is 5.26 Å². The van der Waals surface area contributed by atoms with Crippen LogP contribution in [0.2, 0.25) is 0 Å². The van der Waals surface area contributed by atoms with Gasteiger partial charge in [-0.3, -0.25) is 4.79 Å². The van der Waals surface area contributed by atoms with Gasteiger partial charge in [-0.1, -0.05) is 15.9 Å². The van der Waals surface area contributed by atoms with E-state index in [4.69, 9.17) is 14.8 Å². The first-order valence-corrected chi connectivity index (χ1v) is 6.14. The molecule has 0 aliphatic carbocycles. The number of amides is 1. The number of hydrogen-bond acceptors (Lipinski definition) is 4. The van der Waals surface area contributed by atoms with Gasteiger partial charge in [0.05, 0.1) is 11.3 Å². The Morgan fingerprint density at radius 2 is 1.95 bits per heavy atom. The summed E-state index contributed by atoms with van der Waals surface area (Å²) in [5, 5.41) is 20.2. The Hall–Kier alpha value is -2.59. The largest absolute Gasteiger partial charge is 0.475 e. The lowest BCUT2D eigenvalue weighted by Crippen LogP contribution is -2.12. The van der Waals surface area contributed by atoms with Crippen LogP contribution in [-0.2, 0) is 0 Å². The highest BCUT2D eigenvalue weighted by atomic mass is 79.9. The van der Waals surface area contributed by atoms with E-state index in [0.29, 0.717) is 10.2 Å². The molecular weight excluding hydrogens is 328 g/mol. The summed E-state index contributed by atoms with van der Waals surface area (Å²) in [6.07, 6.45) is 0. The van der Waals surface area contributed by atoms with Crippen molar-refractivity contribution in [3.05, 3.63) is 51.9 Å². The summed E-state index contributed by atoms with van der Waals surface area (Å²) in [6.45, 7) is 0. The van der Waals surface area contributed by atoms with Crippen LogP contribution in [0.15, 0.2) is 39.2 Å². The molecule has 0 saturated heterocycles. The van der Waals surface area contributed by atoms with Gasteiger partial charge in [0.25, 0.3) is 5.91 Å². The van der Waals surface area contributed by atoms with Crippen LogP contribution in [0.1, 0.15) is 26.7 Å². The molecule has 7 heteroatoms. The van der Waals surface area contributed by atoms with E-state index in [2.05, 4.69) is 21.2 Å². The molecule has 1 aromatic carbocycles. The average molecular weight is 335 g/mol. The minimum Gasteiger partial charge on any atom is -0.475 e. The van der Waals surface area contributed by atoms with Crippen LogP contribution in [0.3, 0.4) is 0 Å². The highest BCUT2D eigenvalue weighted by Gasteiger charge is 2.16. The number of halogens is 1. The van der Waals surface area contributed by atoms with E-state index < -0.39 is 11.9 Å². The minimum atomic E-state index is -1.26. The Morgan fingerprint density at radius 3 is 2.55 bits per heavy atom. The lowest BCUT2D eigenvalue weighted by Gasteiger charge is -2.05. The van der Waals surface area contributed by atoms with Crippen molar-refractivity contribution < 1.29 is 19.1 Å². The van der Waals surface area contributed by atoms with Crippen LogP contribution >= 0.6 is 15.9 Å². The van der Waals surface area contributed by atoms with E-state index in [1.807, 2.05) is 6.07 Å². The molecule has 2 rings (SSSR count). The smallest absolute Gasteiger partial charge is 0.371 e. The first kappa shape index (κ1) is 13.8. The fraction of sp³-hybridized carbons (Fsp3) is 0. The van der Waals surface area contributed by atoms with Crippen molar-refractivity contribution in [3.63, 3.8) is 0 Å². The van der Waals surface area contributed by atoms with Crippen LogP contribution < -0.4 is 5.32 Å². The van der Waals surface area contributed by atoms with Crippen LogP contribution in [0.25, 0.3) is 0 Å². The maximum Gasteiger partial charge on any atom is 0.371 e. The molecule has 0 bridgehead atoms. The number of furan rings is 1. The second kappa shape index (κ2) is 5.59. The molecule has 6 nitrogen and oxygen atoms in total. The molecule has 2 N–H and O–H groups in total. The van der Waals surface area contributed by atoms with E-state index >= 15 is 0 Å². The van der Waals surface area contributed by atoms with Crippen LogP contribution in [-0.4, -0.2) is 17.0 Å². The summed E-state index contributed by atoms with van der Waals surface area (Å²) in [5.74, 6) is -2.37. The Morgan fingerprint density at radius 1 is 1.25 bits per heavy atom. The molecule has 0 aliphatic heterocycles. The molecule has 0 aliphatic rings. The SMILES string of the molecule is N#Cc1ccc(Br)cc1NC(=O)c1ccc(C(=O)O)o1. The van der Waals surface area contributed by atoms with E-state index in [1.54, 1.807) is 18.2 Å². The zero-order chi connectivity index (χ0) is 14.7. The summed E-state index contributed by atoms with van der Waals surface area (Å²) in [6, 6.07) is 9.16. The number of carboxylic acid groups (broad SMARTS) is 1. The number of rotatable bonds is 3. The van der Waals surface area contributed by atoms with Crippen molar-refractivity contribution in [2.45, 2.75) is 0 Å². The standard InChI is InChI=1S/C13H7BrN2O4/c14-8-2-1-7(6-15)9(5-8)16-12(17)10-3-4-11(20-10)13(18)19/h1-5H,(H,16,17)(H,18,19). The van der Waals surface area contributed by atoms with Crippen molar-refractivity contribution in [3.8, 4) is 6.07 Å². The molecule has 0 atom stereocenters. The molecule has 1 heterocycles. The zero-order valence-electron chi connectivity index (χ0n) is 9.88. The predicted octanol–water partition coefficient (Wildman–Crippen LogP) is 2.86. The number of nitrogens with zero attached hydrogens (tertiary/aromatic N) is 1. The summed E-state index contributed by atoms with van der Waals surface area (Å²) in [7, 11) is 0. The highest BCUT2D eigenvalue weighted by Crippen LogP contribution is 2.21. The van der Waals surface area contributed by atoms with E-state index in [0.717, 1.165) is 0 Å². The molecule has 0 saturated carbocycles. The third kappa shape index (κ3) is 2.87. The molecule has 0 fully saturated rings. The van der Waals surface area contributed by atoms with Crippen molar-refractivity contribution in [1.82, 2.24) is 0 Å². The average Bonchev–Trinajstić information content (AvgIpc) is 2.89. The van der Waals surface area contributed by atoms with Gasteiger partial charge in [0.1, 0.15) is 6.07 Å². The molecular formula is C13H7BrN2O4. The number of aromatic carboxylic acids is 1. The third-order valence-electron chi connectivity index (χ3n) is 2.39. The monoisotopic (exact) mass is 334 g/mol. The molecule has 0 spiro atoms. The molecule has 1 aromatic heterocycles. The third-order valence-corrected chi connectivity index (χ3v) is 2.88. The van der Waals surface area contributed by atoms with E-state index in [1.165, 1.54) is 12.1 Å². The number of hydrogen-bond donors (Lipinski definition) is 2. The maximum absolute atomic E-state index is 11.9. The summed E-state index contributed by atoms with van der Waals surface area (Å²) >= 11 is 3.23. The topological polar surface area (TPSA) is 103 Å². The Labute approximate surface area is 121 Å². The van der Waals surface area contributed by atoms with Gasteiger partial charge in [-0.05, 0) is 30.3 Å². The van der Waals surface area contributed by atoms with Crippen LogP contribution in [0, 0.1) is 11.3 Å². The summed E-state index contributed by atoms with van der Waals surface area (Å²) in [4.78, 5) is 22.6. The minimum absolute atomic E-state index is 0.147. The maximum atomic E-state index is 11.9. The van der Waals surface area contributed by atoms with Crippen molar-refractivity contribution in [2.75, 3.05) is 5.32 Å². The van der Waals surface area contributed by atoms with Gasteiger partial charge in [0.2, 0.25) is 5.76 Å². The Kier molecular flexibility index (Phi) is 3.86. The first-order valence-electron chi connectivity index (χ1n) is 5.35. The summed E-state index contributed by atoms with van der Waals surface area (Å²) < 4.78 is 5.57. The molecule has 0 radical (unpaired) electrons. The van der Waals surface area contributed by atoms with E-state index in [-0.39, 0.29) is 17.1 Å². The number of anilines is 1. The molecule has 0 unspecified atom stereocenters. The zero-order valence-corrected chi connectivity index (χ0v) is 11.5. The molecule has 100 valence electrons. The quantitative estimate of drug-likeness (QED) is 0.898. The van der Waals surface area contributed by atoms with Gasteiger partial charge in [-0.15, -0.1) is 0 Å². The fourth-order valence-electron chi connectivity index (χ4n) is 1.48. The van der Waals surface area contributed by atoms with Gasteiger partial charge in [0, 0.05) is 4.47 Å². The van der Waals surface area contributed by atoms with Crippen LogP contribution in [0.5, 0.6) is 0 Å². The van der Waals surface area contributed by atoms with Crippen molar-refractivity contribution in [2.24, 2.45) is 0 Å². The lowest BCUT2D eigenvalue weighted by molar-refractivity contribution is 0.0660. The molecule has 20 heavy (non-hydrogen) atoms. The van der Waals surface area contributed by atoms with E-state index in [9.17, 15) is 9.59 Å². The van der Waals surface area contributed by atoms with Gasteiger partial charge in [0.15, 0.2) is 5.76 Å². The number of nitriles is 1. The first-order chi connectivity index (χ1) is 9.51. The number of carboxylic acids is 1. The van der Waals surface area contributed by atoms with Gasteiger partial charge >= 0.3 is 5.97 Å². The number of benzene rings is 1. The Balaban J connectivity index is 2.25. The van der Waals surface area contributed by atoms with Gasteiger partial charge in [-0.25, -0.2) is 4.79 Å². The highest BCUT2D eigenvalue weighted by molar-refractivity contribution is 9.10. The normalized spacial score (nSPS) is 9.80. The second-order valence-electron chi connectivity index (χ2n) is 3.72.